The summed E-state index contributed by atoms with van der Waals surface area (Å²) in [6, 6.07) is 0. The molecule has 0 unspecified atom stereocenters. The fraction of sp³-hybridized carbons (Fsp3) is 0.970. The van der Waals surface area contributed by atoms with Gasteiger partial charge in [-0.25, -0.2) is 0 Å². The van der Waals surface area contributed by atoms with Crippen molar-refractivity contribution < 1.29 is 9.90 Å². The van der Waals surface area contributed by atoms with Gasteiger partial charge in [0.1, 0.15) is 5.78 Å². The molecule has 4 aliphatic rings. The molecule has 0 amide bonds. The van der Waals surface area contributed by atoms with Crippen LogP contribution < -0.4 is 5.32 Å². The van der Waals surface area contributed by atoms with Crippen LogP contribution >= 0.6 is 0 Å². The molecule has 3 heteroatoms. The maximum atomic E-state index is 12.7. The predicted molar refractivity (Wildman–Crippen MR) is 151 cm³/mol. The van der Waals surface area contributed by atoms with Crippen molar-refractivity contribution in [2.45, 2.75) is 155 Å². The van der Waals surface area contributed by atoms with Gasteiger partial charge in [0.05, 0.1) is 5.60 Å². The smallest absolute Gasteiger partial charge is 0.139 e. The molecule has 0 spiro atoms. The van der Waals surface area contributed by atoms with Gasteiger partial charge in [0.25, 0.3) is 0 Å². The number of aliphatic hydroxyl groups is 1. The zero-order valence-electron chi connectivity index (χ0n) is 24.2. The number of unbranched alkanes of at least 4 members (excludes halogenated alkanes) is 10. The first kappa shape index (κ1) is 28.6. The lowest BCUT2D eigenvalue weighted by Gasteiger charge is -2.61. The summed E-state index contributed by atoms with van der Waals surface area (Å²) >= 11 is 0. The predicted octanol–water partition coefficient (Wildman–Crippen LogP) is 8.23. The van der Waals surface area contributed by atoms with E-state index in [0.717, 1.165) is 57.0 Å². The monoisotopic (exact) mass is 501 g/mol. The van der Waals surface area contributed by atoms with Crippen molar-refractivity contribution in [3.05, 3.63) is 0 Å². The maximum absolute atomic E-state index is 12.7. The topological polar surface area (TPSA) is 49.3 Å². The van der Waals surface area contributed by atoms with Crippen molar-refractivity contribution in [1.29, 1.82) is 0 Å². The van der Waals surface area contributed by atoms with Crippen LogP contribution in [0.15, 0.2) is 0 Å². The van der Waals surface area contributed by atoms with Crippen LogP contribution in [0, 0.1) is 34.5 Å². The second-order valence-electron chi connectivity index (χ2n) is 14.2. The third kappa shape index (κ3) is 6.24. The molecule has 4 saturated carbocycles. The van der Waals surface area contributed by atoms with Crippen LogP contribution in [0.25, 0.3) is 0 Å². The van der Waals surface area contributed by atoms with E-state index in [2.05, 4.69) is 26.1 Å². The standard InChI is InChI=1S/C33H59NO2/c1-4-5-6-7-8-9-10-11-12-13-14-23-34-25-33(36)22-21-31(2)26(24-33)15-16-27-28-17-18-30(35)32(28,3)20-19-29(27)31/h26-29,34,36H,4-25H2,1-3H3/t26-,27-,28-,29-,31-,32-,33+/m0/s1. The molecule has 3 nitrogen and oxygen atoms in total. The zero-order chi connectivity index (χ0) is 25.7. The number of hydrogen-bond donors (Lipinski definition) is 2. The van der Waals surface area contributed by atoms with Gasteiger partial charge in [0.15, 0.2) is 0 Å². The van der Waals surface area contributed by atoms with E-state index in [1.165, 1.54) is 96.3 Å². The van der Waals surface area contributed by atoms with Gasteiger partial charge < -0.3 is 10.4 Å². The number of Topliss-reactive ketones (excluding diaryl/α,β-unsaturated/α-hetero) is 1. The summed E-state index contributed by atoms with van der Waals surface area (Å²) in [4.78, 5) is 12.7. The molecule has 4 rings (SSSR count). The largest absolute Gasteiger partial charge is 0.389 e. The van der Waals surface area contributed by atoms with E-state index in [1.807, 2.05) is 0 Å². The highest BCUT2D eigenvalue weighted by molar-refractivity contribution is 5.87. The van der Waals surface area contributed by atoms with Crippen molar-refractivity contribution >= 4 is 5.78 Å². The second kappa shape index (κ2) is 12.6. The van der Waals surface area contributed by atoms with Gasteiger partial charge in [-0.05, 0) is 93.4 Å². The highest BCUT2D eigenvalue weighted by Gasteiger charge is 2.61. The van der Waals surface area contributed by atoms with Crippen molar-refractivity contribution in [1.82, 2.24) is 5.32 Å². The van der Waals surface area contributed by atoms with Crippen molar-refractivity contribution in [3.63, 3.8) is 0 Å². The Morgan fingerprint density at radius 1 is 0.806 bits per heavy atom. The summed E-state index contributed by atoms with van der Waals surface area (Å²) < 4.78 is 0. The number of hydrogen-bond acceptors (Lipinski definition) is 3. The molecule has 208 valence electrons. The molecule has 0 saturated heterocycles. The molecule has 36 heavy (non-hydrogen) atoms. The van der Waals surface area contributed by atoms with Gasteiger partial charge in [-0.3, -0.25) is 4.79 Å². The van der Waals surface area contributed by atoms with Gasteiger partial charge >= 0.3 is 0 Å². The molecular formula is C33H59NO2. The van der Waals surface area contributed by atoms with E-state index in [9.17, 15) is 9.90 Å². The molecule has 4 fully saturated rings. The Kier molecular flexibility index (Phi) is 10.0. The van der Waals surface area contributed by atoms with Crippen LogP contribution in [0.1, 0.15) is 149 Å². The summed E-state index contributed by atoms with van der Waals surface area (Å²) in [7, 11) is 0. The van der Waals surface area contributed by atoms with Gasteiger partial charge in [0.2, 0.25) is 0 Å². The molecule has 0 aromatic carbocycles. The van der Waals surface area contributed by atoms with Crippen LogP contribution in [0.2, 0.25) is 0 Å². The molecule has 0 heterocycles. The van der Waals surface area contributed by atoms with E-state index in [-0.39, 0.29) is 5.41 Å². The summed E-state index contributed by atoms with van der Waals surface area (Å²) in [5.74, 6) is 3.37. The second-order valence-corrected chi connectivity index (χ2v) is 14.2. The van der Waals surface area contributed by atoms with Crippen molar-refractivity contribution in [2.24, 2.45) is 34.5 Å². The Morgan fingerprint density at radius 2 is 1.47 bits per heavy atom. The van der Waals surface area contributed by atoms with Crippen LogP contribution in [0.4, 0.5) is 0 Å². The number of rotatable bonds is 14. The van der Waals surface area contributed by atoms with Crippen LogP contribution in [0.3, 0.4) is 0 Å². The summed E-state index contributed by atoms with van der Waals surface area (Å²) in [5, 5.41) is 15.2. The Bertz CT molecular complexity index is 708. The fourth-order valence-corrected chi connectivity index (χ4v) is 9.49. The Balaban J connectivity index is 1.13. The lowest BCUT2D eigenvalue weighted by atomic mass is 9.44. The third-order valence-corrected chi connectivity index (χ3v) is 11.9. The lowest BCUT2D eigenvalue weighted by molar-refractivity contribution is -0.153. The third-order valence-electron chi connectivity index (χ3n) is 11.9. The SMILES string of the molecule is CCCCCCCCCCCCCNC[C@@]1(O)CC[C@@]2(C)[C@@H](CC[C@@H]3[C@@H]2CC[C@]2(C)C(=O)CC[C@@H]32)C1. The molecule has 4 aliphatic carbocycles. The van der Waals surface area contributed by atoms with Gasteiger partial charge in [-0.2, -0.15) is 0 Å². The van der Waals surface area contributed by atoms with E-state index >= 15 is 0 Å². The molecule has 0 bridgehead atoms. The Labute approximate surface area is 223 Å². The molecule has 2 N–H and O–H groups in total. The van der Waals surface area contributed by atoms with Gasteiger partial charge in [-0.15, -0.1) is 0 Å². The Morgan fingerprint density at radius 3 is 2.17 bits per heavy atom. The number of carbonyl (C=O) groups is 1. The van der Waals surface area contributed by atoms with Crippen molar-refractivity contribution in [3.8, 4) is 0 Å². The molecule has 0 aliphatic heterocycles. The van der Waals surface area contributed by atoms with Crippen LogP contribution in [0.5, 0.6) is 0 Å². The number of nitrogens with one attached hydrogen (secondary N) is 1. The van der Waals surface area contributed by atoms with E-state index in [0.29, 0.717) is 23.0 Å². The first-order valence-corrected chi connectivity index (χ1v) is 16.3. The normalized spacial score (nSPS) is 40.1. The number of fused-ring (bicyclic) bond motifs is 5. The average molecular weight is 502 g/mol. The number of carbonyl (C=O) groups excluding carboxylic acids is 1. The Hall–Kier alpha value is -0.410. The molecule has 0 radical (unpaired) electrons. The highest BCUT2D eigenvalue weighted by Crippen LogP contribution is 2.66. The van der Waals surface area contributed by atoms with Gasteiger partial charge in [0, 0.05) is 18.4 Å². The average Bonchev–Trinajstić information content (AvgIpc) is 3.17. The van der Waals surface area contributed by atoms with Gasteiger partial charge in [-0.1, -0.05) is 85.0 Å². The minimum atomic E-state index is -0.513. The van der Waals surface area contributed by atoms with E-state index < -0.39 is 5.60 Å². The highest BCUT2D eigenvalue weighted by atomic mass is 16.3. The van der Waals surface area contributed by atoms with E-state index in [1.54, 1.807) is 0 Å². The number of ketones is 1. The van der Waals surface area contributed by atoms with Crippen LogP contribution in [-0.2, 0) is 4.79 Å². The summed E-state index contributed by atoms with van der Waals surface area (Å²) in [6.07, 6.45) is 25.2. The van der Waals surface area contributed by atoms with E-state index in [4.69, 9.17) is 0 Å². The van der Waals surface area contributed by atoms with Crippen LogP contribution in [-0.4, -0.2) is 29.6 Å². The zero-order valence-corrected chi connectivity index (χ0v) is 24.2. The minimum Gasteiger partial charge on any atom is -0.389 e. The molecular weight excluding hydrogens is 442 g/mol. The summed E-state index contributed by atoms with van der Waals surface area (Å²) in [6.45, 7) is 8.97. The lowest BCUT2D eigenvalue weighted by Crippen LogP contribution is -2.57. The van der Waals surface area contributed by atoms with Crippen molar-refractivity contribution in [2.75, 3.05) is 13.1 Å². The first-order valence-electron chi connectivity index (χ1n) is 16.3. The molecule has 0 aromatic rings. The molecule has 7 atom stereocenters. The summed E-state index contributed by atoms with van der Waals surface area (Å²) in [5.41, 5.74) is -0.155. The maximum Gasteiger partial charge on any atom is 0.139 e. The quantitative estimate of drug-likeness (QED) is 0.236. The fourth-order valence-electron chi connectivity index (χ4n) is 9.49. The minimum absolute atomic E-state index is 0.0159. The molecule has 0 aromatic heterocycles. The first-order chi connectivity index (χ1) is 17.3.